The molecule has 117 heavy (non-hydrogen) atoms. The van der Waals surface area contributed by atoms with Gasteiger partial charge in [-0.05, 0) is 154 Å². The molecule has 0 aliphatic carbocycles. The summed E-state index contributed by atoms with van der Waals surface area (Å²) in [6, 6.07) is 17.8. The SMILES string of the molecule is CCOC(=O)NC(C)(C)C(=O)N[C@H](C(=O)N(C)[C@@H]([C@@H](C)CC)[C@@H](CC(=O)N1CCC[C@H]1[C@H](OC)[C@@H](C)C(=O)N[C@@H](Cc1ccccc1)c1nccs1)OC)C(C)C.Cc1ccc(NC(=O)[C@H](CCCNC(N)=O)NC(=O)[C@@H](NC(=O)[C@H](CCCCNC(=O)CC[C@@H](NC(C)(C)C)C(=O)C(C)(C)C)NS(=O)(=O)c2ccccc2)C(C)C)cc1. The van der Waals surface area contributed by atoms with Crippen molar-refractivity contribution in [3.05, 3.63) is 113 Å². The van der Waals surface area contributed by atoms with Crippen molar-refractivity contribution >= 4 is 92.2 Å². The third kappa shape index (κ3) is 33.4. The highest BCUT2D eigenvalue weighted by atomic mass is 32.2. The number of unbranched alkanes of at least 4 members (excludes halogenated alkanes) is 1. The van der Waals surface area contributed by atoms with Crippen LogP contribution in [0, 0.1) is 36.0 Å². The molecule has 11 amide bonds. The minimum absolute atomic E-state index is 0.00493. The van der Waals surface area contributed by atoms with Gasteiger partial charge in [0.15, 0.2) is 5.78 Å². The molecule has 0 radical (unpaired) electrons. The van der Waals surface area contributed by atoms with Crippen molar-refractivity contribution in [3.63, 3.8) is 0 Å². The largest absolute Gasteiger partial charge is 0.450 e. The zero-order valence-electron chi connectivity index (χ0n) is 72.4. The molecule has 1 aliphatic rings. The number of likely N-dealkylation sites (tertiary alicyclic amines) is 1. The number of likely N-dealkylation sites (N-methyl/N-ethyl adjacent to an activating group) is 1. The molecule has 32 heteroatoms. The molecule has 12 N–H and O–H groups in total. The number of urea groups is 1. The second-order valence-corrected chi connectivity index (χ2v) is 36.0. The number of carbonyl (C=O) groups is 11. The van der Waals surface area contributed by atoms with Crippen molar-refractivity contribution in [2.45, 2.75) is 271 Å². The molecule has 1 aromatic heterocycles. The number of sulfonamides is 1. The maximum Gasteiger partial charge on any atom is 0.407 e. The van der Waals surface area contributed by atoms with E-state index in [1.54, 1.807) is 81.3 Å². The number of primary amides is 1. The first-order valence-electron chi connectivity index (χ1n) is 40.7. The van der Waals surface area contributed by atoms with Crippen LogP contribution in [0.1, 0.15) is 204 Å². The van der Waals surface area contributed by atoms with E-state index in [9.17, 15) is 61.2 Å². The monoisotopic (exact) mass is 1670 g/mol. The van der Waals surface area contributed by atoms with E-state index < -0.39 is 117 Å². The van der Waals surface area contributed by atoms with E-state index in [2.05, 4.69) is 57.6 Å². The number of benzene rings is 3. The van der Waals surface area contributed by atoms with Gasteiger partial charge >= 0.3 is 12.1 Å². The quantitative estimate of drug-likeness (QED) is 0.0184. The van der Waals surface area contributed by atoms with Crippen molar-refractivity contribution < 1.29 is 75.4 Å². The summed E-state index contributed by atoms with van der Waals surface area (Å²) in [4.78, 5) is 154. The number of ketones is 1. The van der Waals surface area contributed by atoms with E-state index in [4.69, 9.17) is 19.9 Å². The maximum absolute atomic E-state index is 14.3. The van der Waals surface area contributed by atoms with Crippen molar-refractivity contribution in [2.75, 3.05) is 52.8 Å². The van der Waals surface area contributed by atoms with Crippen LogP contribution in [0.5, 0.6) is 0 Å². The summed E-state index contributed by atoms with van der Waals surface area (Å²) in [5, 5.41) is 28.2. The van der Waals surface area contributed by atoms with Crippen LogP contribution in [-0.2, 0) is 73.8 Å². The van der Waals surface area contributed by atoms with Crippen LogP contribution in [0.25, 0.3) is 0 Å². The van der Waals surface area contributed by atoms with Crippen LogP contribution < -0.4 is 58.3 Å². The summed E-state index contributed by atoms with van der Waals surface area (Å²) in [6.07, 6.45) is 4.07. The molecule has 30 nitrogen and oxygen atoms in total. The second-order valence-electron chi connectivity index (χ2n) is 33.4. The number of nitrogens with two attached hydrogens (primary N) is 1. The van der Waals surface area contributed by atoms with Crippen LogP contribution in [0.2, 0.25) is 0 Å². The molecule has 1 saturated heterocycles. The molecular weight excluding hydrogens is 1540 g/mol. The summed E-state index contributed by atoms with van der Waals surface area (Å²) < 4.78 is 46.3. The Morgan fingerprint density at radius 1 is 0.692 bits per heavy atom. The van der Waals surface area contributed by atoms with Crippen LogP contribution in [0.3, 0.4) is 0 Å². The normalized spacial score (nSPS) is 16.0. The highest BCUT2D eigenvalue weighted by Gasteiger charge is 2.45. The van der Waals surface area contributed by atoms with Crippen LogP contribution in [0.4, 0.5) is 15.3 Å². The Kier molecular flexibility index (Phi) is 41.4. The molecule has 3 aromatic carbocycles. The third-order valence-electron chi connectivity index (χ3n) is 20.5. The minimum Gasteiger partial charge on any atom is -0.450 e. The van der Waals surface area contributed by atoms with E-state index in [1.807, 2.05) is 131 Å². The first-order valence-corrected chi connectivity index (χ1v) is 43.1. The number of aromatic nitrogens is 1. The number of amides is 11. The number of anilines is 1. The van der Waals surface area contributed by atoms with Gasteiger partial charge in [0.25, 0.3) is 0 Å². The minimum atomic E-state index is -4.17. The van der Waals surface area contributed by atoms with Gasteiger partial charge in [0, 0.05) is 75.5 Å². The third-order valence-corrected chi connectivity index (χ3v) is 22.9. The zero-order chi connectivity index (χ0) is 87.7. The lowest BCUT2D eigenvalue weighted by Crippen LogP contribution is -2.62. The van der Waals surface area contributed by atoms with Gasteiger partial charge in [-0.15, -0.1) is 11.3 Å². The fourth-order valence-corrected chi connectivity index (χ4v) is 15.7. The number of nitrogens with one attached hydrogen (secondary N) is 10. The number of alkyl carbamates (subject to hydrolysis) is 1. The molecule has 0 unspecified atom stereocenters. The predicted molar refractivity (Wildman–Crippen MR) is 453 cm³/mol. The Labute approximate surface area is 697 Å². The molecule has 4 aromatic rings. The Morgan fingerprint density at radius 2 is 1.31 bits per heavy atom. The average Bonchev–Trinajstić information content (AvgIpc) is 1.75. The van der Waals surface area contributed by atoms with Crippen LogP contribution in [-0.4, -0.2) is 201 Å². The first kappa shape index (κ1) is 100. The number of aryl methyl sites for hydroxylation is 1. The lowest BCUT2D eigenvalue weighted by atomic mass is 9.84. The number of hydrogen-bond donors (Lipinski definition) is 11. The van der Waals surface area contributed by atoms with Gasteiger partial charge in [0.05, 0.1) is 60.2 Å². The molecule has 1 fully saturated rings. The Hall–Kier alpha value is -8.95. The standard InChI is InChI=1S/C43H68N8O8S.C42H66N6O8S/c1-28(2)36(40(56)48-33(19-15-27-46-41(44)57)38(54)47-30-22-20-29(3)21-23-30)49-39(55)34(51-60(58,59)31-16-11-10-12-17-31)18-13-14-26-45-35(52)25-24-32(50-43(7,8)9)37(53)42(4,5)6;1-12-27(5)35(47(9)39(51)34(26(3)4)45-40(52)42(7,8)46-41(53)56-13-2)32(54-10)25-33(49)48-22-17-20-31(48)36(55-11)28(6)37(50)44-30(38-43-21-23-57-38)24-29-18-15-14-16-19-29/h10-12,16-17,20-23,28,32-34,36,50-51H,13-15,18-19,24-27H2,1-9H3,(H,45,52)(H,47,54)(H,48,56)(H,49,55)(H3,44,46,57);14-16,18-19,21,23,26-28,30-32,34-36H,12-13,17,20,22,24-25H2,1-11H3,(H,44,50)(H,45,52)(H,46,53)/t32-,33+,34+,36+;27-,28+,30-,31-,32+,34-,35-,36+/m10/s1. The molecule has 0 saturated carbocycles. The van der Waals surface area contributed by atoms with E-state index >= 15 is 0 Å². The van der Waals surface area contributed by atoms with Gasteiger partial charge in [0.2, 0.25) is 57.3 Å². The van der Waals surface area contributed by atoms with Gasteiger partial charge in [0.1, 0.15) is 34.7 Å². The van der Waals surface area contributed by atoms with Gasteiger partial charge < -0.3 is 77.6 Å². The predicted octanol–water partition coefficient (Wildman–Crippen LogP) is 8.92. The molecule has 1 aliphatic heterocycles. The Morgan fingerprint density at radius 3 is 1.86 bits per heavy atom. The molecule has 12 atom stereocenters. The molecule has 2 heterocycles. The lowest BCUT2D eigenvalue weighted by Gasteiger charge is -2.41. The summed E-state index contributed by atoms with van der Waals surface area (Å²) in [5.41, 5.74) is 5.48. The van der Waals surface area contributed by atoms with Gasteiger partial charge in [-0.2, -0.15) is 4.72 Å². The van der Waals surface area contributed by atoms with E-state index in [0.29, 0.717) is 57.2 Å². The molecule has 0 spiro atoms. The van der Waals surface area contributed by atoms with E-state index in [0.717, 1.165) is 22.6 Å². The van der Waals surface area contributed by atoms with E-state index in [1.165, 1.54) is 44.4 Å². The van der Waals surface area contributed by atoms with Gasteiger partial charge in [-0.3, -0.25) is 43.2 Å². The smallest absolute Gasteiger partial charge is 0.407 e. The van der Waals surface area contributed by atoms with Crippen molar-refractivity contribution in [2.24, 2.45) is 34.8 Å². The van der Waals surface area contributed by atoms with Crippen molar-refractivity contribution in [1.82, 2.24) is 62.0 Å². The lowest BCUT2D eigenvalue weighted by molar-refractivity contribution is -0.148. The Bertz CT molecular complexity index is 3940. The number of methoxy groups -OCH3 is 2. The number of rotatable bonds is 45. The fraction of sp³-hybridized carbons (Fsp3) is 0.624. The van der Waals surface area contributed by atoms with Crippen molar-refractivity contribution in [3.8, 4) is 0 Å². The summed E-state index contributed by atoms with van der Waals surface area (Å²) in [6.45, 7) is 32.1. The number of carbonyl (C=O) groups excluding carboxylic acids is 11. The highest BCUT2D eigenvalue weighted by molar-refractivity contribution is 7.89. The van der Waals surface area contributed by atoms with Gasteiger partial charge in [-0.1, -0.05) is 142 Å². The van der Waals surface area contributed by atoms with Gasteiger partial charge in [-0.25, -0.2) is 23.0 Å². The summed E-state index contributed by atoms with van der Waals surface area (Å²) in [5.74, 6) is -4.81. The Balaban J connectivity index is 0.000000493. The van der Waals surface area contributed by atoms with E-state index in [-0.39, 0.29) is 109 Å². The molecule has 5 rings (SSSR count). The zero-order valence-corrected chi connectivity index (χ0v) is 74.0. The maximum atomic E-state index is 14.3. The number of thiazole rings is 1. The average molecular weight is 1670 g/mol. The number of ether oxygens (including phenoxy) is 3. The number of nitrogens with zero attached hydrogens (tertiary/aromatic N) is 3. The molecular formula is C85H134N14O16S2. The fourth-order valence-electron chi connectivity index (χ4n) is 13.8. The van der Waals surface area contributed by atoms with Crippen LogP contribution >= 0.6 is 11.3 Å². The summed E-state index contributed by atoms with van der Waals surface area (Å²) >= 11 is 1.49. The second kappa shape index (κ2) is 48.2. The van der Waals surface area contributed by atoms with Crippen molar-refractivity contribution in [1.29, 1.82) is 0 Å². The molecule has 652 valence electrons. The number of hydrogen-bond acceptors (Lipinski definition) is 19. The molecule has 0 bridgehead atoms. The highest BCUT2D eigenvalue weighted by Crippen LogP contribution is 2.32. The first-order chi connectivity index (χ1) is 54.9. The summed E-state index contributed by atoms with van der Waals surface area (Å²) in [7, 11) is 0.620. The van der Waals surface area contributed by atoms with Crippen LogP contribution in [0.15, 0.2) is 101 Å². The topological polar surface area (TPSA) is 415 Å². The number of Topliss-reactive ketones (excluding diaryl/α,β-unsaturated/α-hetero) is 1.